The molecule has 0 atom stereocenters. The van der Waals surface area contributed by atoms with E-state index in [0.717, 1.165) is 0 Å². The second-order valence-corrected chi connectivity index (χ2v) is 1.47. The van der Waals surface area contributed by atoms with Gasteiger partial charge >= 0.3 is 85.4 Å². The second-order valence-electron chi connectivity index (χ2n) is 0.283. The van der Waals surface area contributed by atoms with Crippen molar-refractivity contribution in [2.45, 2.75) is 0 Å². The number of rotatable bonds is 0. The van der Waals surface area contributed by atoms with Crippen LogP contribution in [0, 0.1) is 0 Å². The van der Waals surface area contributed by atoms with Gasteiger partial charge in [-0.1, -0.05) is 0 Å². The summed E-state index contributed by atoms with van der Waals surface area (Å²) in [6.45, 7) is 0. The molecule has 0 heterocycles. The van der Waals surface area contributed by atoms with Crippen LogP contribution in [0.3, 0.4) is 0 Å². The van der Waals surface area contributed by atoms with Crippen LogP contribution in [0.1, 0.15) is 0 Å². The Morgan fingerprint density at radius 1 is 1.40 bits per heavy atom. The van der Waals surface area contributed by atoms with Gasteiger partial charge in [0.15, 0.2) is 0 Å². The molecule has 0 aromatic rings. The molecular weight excluding hydrogens is 208 g/mol. The van der Waals surface area contributed by atoms with Crippen molar-refractivity contribution in [1.29, 1.82) is 0 Å². The van der Waals surface area contributed by atoms with Crippen molar-refractivity contribution in [2.75, 3.05) is 0 Å². The van der Waals surface area contributed by atoms with E-state index in [9.17, 15) is 0 Å². The number of hydrogen-bond donors (Lipinski definition) is 2. The molecule has 0 saturated carbocycles. The van der Waals surface area contributed by atoms with Crippen LogP contribution in [0.15, 0.2) is 0 Å². The Labute approximate surface area is 83.4 Å². The zero-order valence-corrected chi connectivity index (χ0v) is 3.90. The van der Waals surface area contributed by atoms with E-state index < -0.39 is 15.3 Å². The quantitative estimate of drug-likeness (QED) is 0.436. The van der Waals surface area contributed by atoms with Crippen LogP contribution < -0.4 is 0 Å². The van der Waals surface area contributed by atoms with Crippen LogP contribution in [0.5, 0.6) is 0 Å². The molecule has 0 aliphatic carbocycles. The summed E-state index contributed by atoms with van der Waals surface area (Å²) in [5, 5.41) is 0. The molecule has 0 fully saturated rings. The van der Waals surface area contributed by atoms with Gasteiger partial charge < -0.3 is 0 Å². The maximum absolute atomic E-state index is 8.81. The molecule has 0 radical (unpaired) electrons. The molecule has 0 amide bonds. The Kier molecular flexibility index (Phi) is 12.3. The predicted molar refractivity (Wildman–Crippen MR) is 19.4 cm³/mol. The summed E-state index contributed by atoms with van der Waals surface area (Å²) in [4.78, 5) is 0. The van der Waals surface area contributed by atoms with Gasteiger partial charge in [-0.25, -0.2) is 0 Å². The fraction of sp³-hybridized carbons (Fsp3) is 0. The van der Waals surface area contributed by atoms with Crippen LogP contribution in [-0.4, -0.2) is 81.7 Å². The molecule has 2 N–H and O–H groups in total. The zero-order chi connectivity index (χ0) is 3.58. The SMILES string of the molecule is O=[AsH](O)O.[RbH]. The van der Waals surface area contributed by atoms with Gasteiger partial charge in [-0.3, -0.25) is 0 Å². The Morgan fingerprint density at radius 3 is 1.40 bits per heavy atom. The molecule has 0 spiro atoms. The Hall–Kier alpha value is 2.08. The third kappa shape index (κ3) is 23.4. The molecule has 0 aliphatic heterocycles. The summed E-state index contributed by atoms with van der Waals surface area (Å²) in [5.41, 5.74) is 0. The average Bonchev–Trinajstić information content (AvgIpc) is 0.811. The van der Waals surface area contributed by atoms with Crippen molar-refractivity contribution >= 4 is 73.5 Å². The third-order valence-electron chi connectivity index (χ3n) is 0. The van der Waals surface area contributed by atoms with E-state index in [-0.39, 0.29) is 58.2 Å². The van der Waals surface area contributed by atoms with Gasteiger partial charge in [-0.15, -0.1) is 0 Å². The van der Waals surface area contributed by atoms with E-state index in [1.54, 1.807) is 0 Å². The Balaban J connectivity index is 0. The summed E-state index contributed by atoms with van der Waals surface area (Å²) in [7, 11) is 0. The summed E-state index contributed by atoms with van der Waals surface area (Å²) >= 11 is -3.58. The first-order valence-electron chi connectivity index (χ1n) is 0.651. The molecule has 3 nitrogen and oxygen atoms in total. The summed E-state index contributed by atoms with van der Waals surface area (Å²) in [5.74, 6) is 0. The minimum atomic E-state index is -3.58. The van der Waals surface area contributed by atoms with E-state index >= 15 is 0 Å². The van der Waals surface area contributed by atoms with Crippen molar-refractivity contribution in [1.82, 2.24) is 0 Å². The molecular formula is H4AsO3Rb. The molecule has 5 heteroatoms. The van der Waals surface area contributed by atoms with E-state index in [1.165, 1.54) is 0 Å². The van der Waals surface area contributed by atoms with Crippen LogP contribution >= 0.6 is 0 Å². The summed E-state index contributed by atoms with van der Waals surface area (Å²) in [6.07, 6.45) is 0. The van der Waals surface area contributed by atoms with Gasteiger partial charge in [0.2, 0.25) is 0 Å². The fourth-order valence-electron chi connectivity index (χ4n) is 0. The van der Waals surface area contributed by atoms with Crippen LogP contribution in [0.2, 0.25) is 0 Å². The second kappa shape index (κ2) is 6.08. The van der Waals surface area contributed by atoms with Gasteiger partial charge in [0.25, 0.3) is 0 Å². The summed E-state index contributed by atoms with van der Waals surface area (Å²) < 4.78 is 23.2. The van der Waals surface area contributed by atoms with E-state index in [0.29, 0.717) is 0 Å². The minimum absolute atomic E-state index is 0. The van der Waals surface area contributed by atoms with E-state index in [1.807, 2.05) is 0 Å². The van der Waals surface area contributed by atoms with Gasteiger partial charge in [-0.2, -0.15) is 0 Å². The van der Waals surface area contributed by atoms with Gasteiger partial charge in [0.05, 0.1) is 0 Å². The fourth-order valence-corrected chi connectivity index (χ4v) is 0. The molecule has 0 aromatic heterocycles. The molecule has 0 rings (SSSR count). The molecule has 0 aromatic carbocycles. The van der Waals surface area contributed by atoms with E-state index in [2.05, 4.69) is 0 Å². The van der Waals surface area contributed by atoms with Gasteiger partial charge in [-0.05, 0) is 0 Å². The predicted octanol–water partition coefficient (Wildman–Crippen LogP) is -2.53. The van der Waals surface area contributed by atoms with Crippen LogP contribution in [-0.2, 0) is 3.74 Å². The molecule has 0 aliphatic rings. The topological polar surface area (TPSA) is 57.5 Å². The molecule has 0 saturated heterocycles. The van der Waals surface area contributed by atoms with E-state index in [4.69, 9.17) is 11.9 Å². The van der Waals surface area contributed by atoms with Gasteiger partial charge in [0.1, 0.15) is 0 Å². The zero-order valence-electron chi connectivity index (χ0n) is 1.80. The van der Waals surface area contributed by atoms with Crippen molar-refractivity contribution in [3.63, 3.8) is 0 Å². The van der Waals surface area contributed by atoms with Crippen molar-refractivity contribution < 1.29 is 11.9 Å². The Morgan fingerprint density at radius 2 is 1.40 bits per heavy atom. The standard InChI is InChI=1S/AsH3O3.Rb.H/c2-1(3)4;;/h1H,(H2,2,3,4);;. The monoisotopic (exact) mass is 212 g/mol. The average molecular weight is 212 g/mol. The Bertz CT molecular complexity index is 29.9. The molecule has 0 bridgehead atoms. The first-order valence-corrected chi connectivity index (χ1v) is 3.38. The third-order valence-corrected chi connectivity index (χ3v) is 0. The molecule has 5 heavy (non-hydrogen) atoms. The number of hydrogen-bond acceptors (Lipinski definition) is 1. The normalized spacial score (nSPS) is 7.00. The van der Waals surface area contributed by atoms with Crippen molar-refractivity contribution in [3.05, 3.63) is 0 Å². The van der Waals surface area contributed by atoms with Crippen molar-refractivity contribution in [3.8, 4) is 0 Å². The maximum atomic E-state index is 8.81. The first-order chi connectivity index (χ1) is 1.73. The first kappa shape index (κ1) is 10.1. The van der Waals surface area contributed by atoms with Crippen molar-refractivity contribution in [2.24, 2.45) is 0 Å². The van der Waals surface area contributed by atoms with Crippen LogP contribution in [0.25, 0.3) is 0 Å². The summed E-state index contributed by atoms with van der Waals surface area (Å²) in [6, 6.07) is 0. The molecule has 28 valence electrons. The van der Waals surface area contributed by atoms with Crippen LogP contribution in [0.4, 0.5) is 0 Å². The van der Waals surface area contributed by atoms with Gasteiger partial charge in [0, 0.05) is 0 Å². The molecule has 0 unspecified atom stereocenters.